The van der Waals surface area contributed by atoms with E-state index in [0.717, 1.165) is 27.9 Å². The van der Waals surface area contributed by atoms with Crippen molar-refractivity contribution in [2.24, 2.45) is 0 Å². The number of aromatic nitrogens is 6. The number of nitrogens with zero attached hydrogens (tertiary/aromatic N) is 7. The molecule has 0 unspecified atom stereocenters. The van der Waals surface area contributed by atoms with Crippen LogP contribution in [-0.4, -0.2) is 29.8 Å². The molecule has 132 valence electrons. The second-order valence-corrected chi connectivity index (χ2v) is 6.39. The zero-order valence-electron chi connectivity index (χ0n) is 14.7. The summed E-state index contributed by atoms with van der Waals surface area (Å²) in [6.07, 6.45) is 5.60. The standard InChI is InChI=1S/C21H13N7/c22-11-15-9-17(13-23-12-15)19-5-6-20-25-26-21(28(20)27-19)10-14-3-4-18-16(8-14)2-1-7-24-18/h1-9,12-13H,10H2. The molecule has 7 nitrogen and oxygen atoms in total. The van der Waals surface area contributed by atoms with Crippen LogP contribution in [-0.2, 0) is 6.42 Å². The summed E-state index contributed by atoms with van der Waals surface area (Å²) in [5.41, 5.74) is 4.72. The molecule has 4 aromatic heterocycles. The Balaban J connectivity index is 1.55. The monoisotopic (exact) mass is 363 g/mol. The highest BCUT2D eigenvalue weighted by Gasteiger charge is 2.11. The van der Waals surface area contributed by atoms with Crippen molar-refractivity contribution in [3.8, 4) is 17.3 Å². The van der Waals surface area contributed by atoms with Crippen molar-refractivity contribution in [1.29, 1.82) is 5.26 Å². The molecule has 0 atom stereocenters. The maximum Gasteiger partial charge on any atom is 0.177 e. The van der Waals surface area contributed by atoms with Crippen LogP contribution in [0.15, 0.2) is 67.1 Å². The Morgan fingerprint density at radius 3 is 2.89 bits per heavy atom. The lowest BCUT2D eigenvalue weighted by Crippen LogP contribution is -2.01. The average Bonchev–Trinajstić information content (AvgIpc) is 3.15. The molecule has 0 N–H and O–H groups in total. The van der Waals surface area contributed by atoms with Crippen molar-refractivity contribution >= 4 is 16.6 Å². The lowest BCUT2D eigenvalue weighted by molar-refractivity contribution is 0.842. The minimum Gasteiger partial charge on any atom is -0.263 e. The lowest BCUT2D eigenvalue weighted by Gasteiger charge is -2.04. The van der Waals surface area contributed by atoms with E-state index >= 15 is 0 Å². The smallest absolute Gasteiger partial charge is 0.177 e. The number of fused-ring (bicyclic) bond motifs is 2. The van der Waals surface area contributed by atoms with Crippen LogP contribution < -0.4 is 0 Å². The maximum atomic E-state index is 9.09. The number of nitriles is 1. The van der Waals surface area contributed by atoms with E-state index in [9.17, 15) is 0 Å². The maximum absolute atomic E-state index is 9.09. The van der Waals surface area contributed by atoms with Gasteiger partial charge < -0.3 is 0 Å². The van der Waals surface area contributed by atoms with Gasteiger partial charge in [0.1, 0.15) is 6.07 Å². The Hall–Kier alpha value is -4.18. The summed E-state index contributed by atoms with van der Waals surface area (Å²) in [5.74, 6) is 0.740. The van der Waals surface area contributed by atoms with Gasteiger partial charge in [-0.2, -0.15) is 14.9 Å². The van der Waals surface area contributed by atoms with Gasteiger partial charge in [-0.15, -0.1) is 10.2 Å². The third-order valence-electron chi connectivity index (χ3n) is 4.52. The van der Waals surface area contributed by atoms with E-state index in [2.05, 4.69) is 37.4 Å². The Morgan fingerprint density at radius 2 is 1.96 bits per heavy atom. The summed E-state index contributed by atoms with van der Waals surface area (Å²) in [4.78, 5) is 8.46. The third kappa shape index (κ3) is 2.83. The minimum atomic E-state index is 0.494. The SMILES string of the molecule is N#Cc1cncc(-c2ccc3nnc(Cc4ccc5ncccc5c4)n3n2)c1. The van der Waals surface area contributed by atoms with Crippen LogP contribution in [0.2, 0.25) is 0 Å². The van der Waals surface area contributed by atoms with E-state index in [1.807, 2.05) is 36.4 Å². The van der Waals surface area contributed by atoms with E-state index in [0.29, 0.717) is 23.3 Å². The first-order chi connectivity index (χ1) is 13.8. The highest BCUT2D eigenvalue weighted by Crippen LogP contribution is 2.19. The summed E-state index contributed by atoms with van der Waals surface area (Å²) >= 11 is 0. The molecule has 0 aliphatic rings. The summed E-state index contributed by atoms with van der Waals surface area (Å²) in [6.45, 7) is 0. The number of rotatable bonds is 3. The first kappa shape index (κ1) is 16.0. The van der Waals surface area contributed by atoms with Crippen molar-refractivity contribution < 1.29 is 0 Å². The minimum absolute atomic E-state index is 0.494. The average molecular weight is 363 g/mol. The topological polar surface area (TPSA) is 92.6 Å². The summed E-state index contributed by atoms with van der Waals surface area (Å²) in [6, 6.07) is 17.7. The number of benzene rings is 1. The number of pyridine rings is 2. The molecule has 0 bridgehead atoms. The molecule has 0 spiro atoms. The van der Waals surface area contributed by atoms with Crippen LogP contribution >= 0.6 is 0 Å². The third-order valence-corrected chi connectivity index (χ3v) is 4.52. The van der Waals surface area contributed by atoms with Crippen molar-refractivity contribution in [3.05, 3.63) is 84.1 Å². The van der Waals surface area contributed by atoms with Gasteiger partial charge >= 0.3 is 0 Å². The van der Waals surface area contributed by atoms with Gasteiger partial charge in [0.2, 0.25) is 0 Å². The largest absolute Gasteiger partial charge is 0.263 e. The van der Waals surface area contributed by atoms with Gasteiger partial charge in [-0.25, -0.2) is 0 Å². The van der Waals surface area contributed by atoms with Crippen LogP contribution in [0.25, 0.3) is 27.8 Å². The fraction of sp³-hybridized carbons (Fsp3) is 0.0476. The lowest BCUT2D eigenvalue weighted by atomic mass is 10.1. The predicted molar refractivity (Wildman–Crippen MR) is 103 cm³/mol. The fourth-order valence-electron chi connectivity index (χ4n) is 3.16. The van der Waals surface area contributed by atoms with Crippen LogP contribution in [0.3, 0.4) is 0 Å². The van der Waals surface area contributed by atoms with Gasteiger partial charge in [-0.3, -0.25) is 9.97 Å². The van der Waals surface area contributed by atoms with Gasteiger partial charge in [0.05, 0.1) is 16.8 Å². The van der Waals surface area contributed by atoms with Crippen LogP contribution in [0, 0.1) is 11.3 Å². The molecule has 0 fully saturated rings. The van der Waals surface area contributed by atoms with E-state index in [4.69, 9.17) is 5.26 Å². The highest BCUT2D eigenvalue weighted by atomic mass is 15.4. The predicted octanol–water partition coefficient (Wildman–Crippen LogP) is 3.20. The molecule has 28 heavy (non-hydrogen) atoms. The van der Waals surface area contributed by atoms with Crippen LogP contribution in [0.5, 0.6) is 0 Å². The molecule has 1 aromatic carbocycles. The van der Waals surface area contributed by atoms with Crippen LogP contribution in [0.1, 0.15) is 17.0 Å². The number of hydrogen-bond acceptors (Lipinski definition) is 6. The zero-order valence-corrected chi connectivity index (χ0v) is 14.7. The normalized spacial score (nSPS) is 11.0. The van der Waals surface area contributed by atoms with Gasteiger partial charge in [-0.1, -0.05) is 12.1 Å². The molecular weight excluding hydrogens is 350 g/mol. The quantitative estimate of drug-likeness (QED) is 0.489. The van der Waals surface area contributed by atoms with E-state index < -0.39 is 0 Å². The highest BCUT2D eigenvalue weighted by molar-refractivity contribution is 5.79. The fourth-order valence-corrected chi connectivity index (χ4v) is 3.16. The van der Waals surface area contributed by atoms with Gasteiger partial charge in [0, 0.05) is 36.0 Å². The van der Waals surface area contributed by atoms with Gasteiger partial charge in [-0.05, 0) is 42.0 Å². The molecule has 5 rings (SSSR count). The van der Waals surface area contributed by atoms with Crippen molar-refractivity contribution in [2.45, 2.75) is 6.42 Å². The molecule has 0 aliphatic carbocycles. The van der Waals surface area contributed by atoms with Crippen molar-refractivity contribution in [3.63, 3.8) is 0 Å². The molecule has 0 radical (unpaired) electrons. The molecule has 7 heteroatoms. The van der Waals surface area contributed by atoms with E-state index in [-0.39, 0.29) is 0 Å². The molecule has 0 saturated heterocycles. The molecule has 4 heterocycles. The first-order valence-electron chi connectivity index (χ1n) is 8.71. The molecule has 0 aliphatic heterocycles. The zero-order chi connectivity index (χ0) is 18.9. The summed E-state index contributed by atoms with van der Waals surface area (Å²) in [5, 5.41) is 23.4. The molecule has 0 saturated carbocycles. The molecule has 5 aromatic rings. The van der Waals surface area contributed by atoms with Crippen molar-refractivity contribution in [2.75, 3.05) is 0 Å². The first-order valence-corrected chi connectivity index (χ1v) is 8.71. The molecule has 0 amide bonds. The Morgan fingerprint density at radius 1 is 1.00 bits per heavy atom. The Labute approximate surface area is 160 Å². The van der Waals surface area contributed by atoms with Gasteiger partial charge in [0.25, 0.3) is 0 Å². The Kier molecular flexibility index (Phi) is 3.73. The Bertz CT molecular complexity index is 1360. The van der Waals surface area contributed by atoms with E-state index in [1.165, 1.54) is 6.20 Å². The van der Waals surface area contributed by atoms with Crippen molar-refractivity contribution in [1.82, 2.24) is 29.8 Å². The summed E-state index contributed by atoms with van der Waals surface area (Å²) in [7, 11) is 0. The molecular formula is C21H13N7. The number of hydrogen-bond donors (Lipinski definition) is 0. The second kappa shape index (κ2) is 6.52. The second-order valence-electron chi connectivity index (χ2n) is 6.39. The van der Waals surface area contributed by atoms with E-state index in [1.54, 1.807) is 23.0 Å². The van der Waals surface area contributed by atoms with Gasteiger partial charge in [0.15, 0.2) is 11.5 Å². The summed E-state index contributed by atoms with van der Waals surface area (Å²) < 4.78 is 1.74. The van der Waals surface area contributed by atoms with Crippen LogP contribution in [0.4, 0.5) is 0 Å².